The second-order valence-corrected chi connectivity index (χ2v) is 15.5. The summed E-state index contributed by atoms with van der Waals surface area (Å²) in [5.74, 6) is -1.44. The molecule has 1 unspecified atom stereocenters. The van der Waals surface area contributed by atoms with E-state index in [1.165, 1.54) is 6.07 Å². The van der Waals surface area contributed by atoms with Gasteiger partial charge in [0, 0.05) is 54.6 Å². The lowest BCUT2D eigenvalue weighted by Gasteiger charge is -2.38. The van der Waals surface area contributed by atoms with E-state index in [4.69, 9.17) is 21.4 Å². The highest BCUT2D eigenvalue weighted by atomic mass is 16.2. The first-order valence-electron chi connectivity index (χ1n) is 20.0. The summed E-state index contributed by atoms with van der Waals surface area (Å²) in [5.41, 5.74) is 20.1. The molecule has 5 heterocycles. The maximum atomic E-state index is 13.4. The Morgan fingerprint density at radius 1 is 0.883 bits per heavy atom. The summed E-state index contributed by atoms with van der Waals surface area (Å²) in [6, 6.07) is 27.6. The fourth-order valence-corrected chi connectivity index (χ4v) is 8.23. The zero-order valence-corrected chi connectivity index (χ0v) is 32.6. The van der Waals surface area contributed by atoms with Gasteiger partial charge >= 0.3 is 0 Å². The summed E-state index contributed by atoms with van der Waals surface area (Å²) >= 11 is 0. The zero-order chi connectivity index (χ0) is 41.5. The van der Waals surface area contributed by atoms with E-state index in [-0.39, 0.29) is 54.9 Å². The van der Waals surface area contributed by atoms with Gasteiger partial charge in [0.15, 0.2) is 11.5 Å². The Hall–Kier alpha value is -7.26. The van der Waals surface area contributed by atoms with Crippen LogP contribution in [0.15, 0.2) is 97.2 Å². The van der Waals surface area contributed by atoms with Gasteiger partial charge in [-0.2, -0.15) is 0 Å². The first kappa shape index (κ1) is 38.3. The van der Waals surface area contributed by atoms with E-state index in [1.807, 2.05) is 65.2 Å². The Morgan fingerprint density at radius 2 is 1.68 bits per heavy atom. The van der Waals surface area contributed by atoms with Crippen LogP contribution in [0.1, 0.15) is 70.4 Å². The Labute approximate surface area is 344 Å². The third-order valence-electron chi connectivity index (χ3n) is 11.6. The van der Waals surface area contributed by atoms with E-state index in [0.29, 0.717) is 40.5 Å². The highest BCUT2D eigenvalue weighted by molar-refractivity contribution is 6.25. The molecule has 7 N–H and O–H groups in total. The number of anilines is 2. The summed E-state index contributed by atoms with van der Waals surface area (Å²) < 4.78 is 2.00. The van der Waals surface area contributed by atoms with E-state index in [1.54, 1.807) is 18.3 Å². The van der Waals surface area contributed by atoms with Gasteiger partial charge in [0.2, 0.25) is 17.7 Å². The van der Waals surface area contributed by atoms with Gasteiger partial charge in [-0.15, -0.1) is 0 Å². The molecule has 1 saturated carbocycles. The minimum atomic E-state index is -1.05. The fraction of sp³-hybridized carbons (Fsp3) is 0.244. The van der Waals surface area contributed by atoms with E-state index in [2.05, 4.69) is 33.1 Å². The van der Waals surface area contributed by atoms with Crippen LogP contribution in [0.5, 0.6) is 0 Å². The van der Waals surface area contributed by atoms with Crippen LogP contribution in [0.4, 0.5) is 11.5 Å². The summed E-state index contributed by atoms with van der Waals surface area (Å²) in [5, 5.41) is 8.27. The van der Waals surface area contributed by atoms with Crippen molar-refractivity contribution in [2.24, 2.45) is 5.73 Å². The quantitative estimate of drug-likeness (QED) is 0.0848. The monoisotopic (exact) mass is 802 g/mol. The number of pyridine rings is 2. The average Bonchev–Trinajstić information content (AvgIpc) is 3.75. The van der Waals surface area contributed by atoms with E-state index < -0.39 is 29.7 Å². The van der Waals surface area contributed by atoms with Crippen molar-refractivity contribution in [3.8, 4) is 28.3 Å². The van der Waals surface area contributed by atoms with Crippen LogP contribution >= 0.6 is 0 Å². The molecule has 302 valence electrons. The maximum absolute atomic E-state index is 13.4. The number of imide groups is 2. The Kier molecular flexibility index (Phi) is 9.88. The van der Waals surface area contributed by atoms with Crippen molar-refractivity contribution in [3.05, 3.63) is 119 Å². The third-order valence-corrected chi connectivity index (χ3v) is 11.6. The molecule has 0 spiro atoms. The molecule has 3 aromatic carbocycles. The van der Waals surface area contributed by atoms with Crippen molar-refractivity contribution < 1.29 is 24.0 Å². The van der Waals surface area contributed by atoms with Gasteiger partial charge in [-0.05, 0) is 97.8 Å². The molecule has 1 saturated heterocycles. The number of fused-ring (bicyclic) bond motifs is 2. The first-order valence-corrected chi connectivity index (χ1v) is 20.0. The Bertz CT molecular complexity index is 2720. The number of nitrogens with one attached hydrogen (secondary N) is 3. The van der Waals surface area contributed by atoms with E-state index in [9.17, 15) is 24.0 Å². The molecule has 1 atom stereocenters. The molecule has 3 aliphatic rings. The molecule has 15 heteroatoms. The second-order valence-electron chi connectivity index (χ2n) is 15.5. The van der Waals surface area contributed by atoms with Crippen molar-refractivity contribution in [2.45, 2.75) is 56.5 Å². The highest BCUT2D eigenvalue weighted by Gasteiger charge is 2.45. The smallest absolute Gasteiger partial charge is 0.264 e. The first-order chi connectivity index (χ1) is 29.1. The van der Waals surface area contributed by atoms with Gasteiger partial charge in [-0.25, -0.2) is 15.0 Å². The van der Waals surface area contributed by atoms with E-state index in [0.717, 1.165) is 52.2 Å². The molecular weight excluding hydrogens is 761 g/mol. The molecule has 9 rings (SSSR count). The Morgan fingerprint density at radius 3 is 2.45 bits per heavy atom. The average molecular weight is 803 g/mol. The number of aryl methyl sites for hydroxylation is 1. The van der Waals surface area contributed by atoms with Crippen LogP contribution in [0, 0.1) is 0 Å². The number of rotatable bonds is 12. The van der Waals surface area contributed by atoms with Crippen LogP contribution in [0.2, 0.25) is 0 Å². The van der Waals surface area contributed by atoms with Crippen LogP contribution in [0.3, 0.4) is 0 Å². The fourth-order valence-electron chi connectivity index (χ4n) is 8.23. The predicted octanol–water partition coefficient (Wildman–Crippen LogP) is 4.63. The Balaban J connectivity index is 0.861. The number of carbonyl (C=O) groups excluding carboxylic acids is 5. The number of nitrogens with two attached hydrogens (primary N) is 2. The summed E-state index contributed by atoms with van der Waals surface area (Å²) in [7, 11) is 0. The van der Waals surface area contributed by atoms with E-state index >= 15 is 0 Å². The zero-order valence-electron chi connectivity index (χ0n) is 32.6. The van der Waals surface area contributed by atoms with Crippen LogP contribution in [-0.4, -0.2) is 73.1 Å². The molecule has 2 aliphatic heterocycles. The molecule has 5 amide bonds. The molecule has 1 aliphatic carbocycles. The van der Waals surface area contributed by atoms with Gasteiger partial charge < -0.3 is 22.1 Å². The number of nitrogens with zero attached hydrogens (tertiary/aromatic N) is 5. The van der Waals surface area contributed by atoms with Crippen LogP contribution < -0.4 is 27.4 Å². The molecule has 15 nitrogen and oxygen atoms in total. The molecule has 6 aromatic rings. The SMILES string of the molecule is Nc1ncccc1-c1nc2ccc(-c3cccc(CCC(=O)NCCNc4cccc5c4C(=O)N(C4CCC(=O)NC4=O)C5=O)c3)nc2n1-c1ccc(C2(N)CCC2)cc1. The molecule has 2 fully saturated rings. The number of aromatic nitrogens is 4. The minimum Gasteiger partial charge on any atom is -0.383 e. The highest BCUT2D eigenvalue weighted by Crippen LogP contribution is 2.40. The number of nitrogen functional groups attached to an aromatic ring is 1. The summed E-state index contributed by atoms with van der Waals surface area (Å²) in [4.78, 5) is 78.9. The standard InChI is InChI=1S/C45H42N10O5/c46-39-31(8-3-22-50-39)40-52-34-16-15-32(51-41(34)54(40)29-13-11-28(12-14-29)45(47)20-4-21-45)27-6-1-5-26(25-27)10-18-36(56)49-24-23-48-33-9-2-7-30-38(33)44(60)55(43(30)59)35-17-19-37(57)53-42(35)58/h1-3,5-9,11-16,22,25,35,48H,4,10,17-21,23-24,47H2,(H2,46,50)(H,49,56)(H,53,57,58). The van der Waals surface area contributed by atoms with Gasteiger partial charge in [0.1, 0.15) is 17.4 Å². The lowest BCUT2D eigenvalue weighted by atomic mass is 9.73. The lowest BCUT2D eigenvalue weighted by molar-refractivity contribution is -0.136. The third kappa shape index (κ3) is 7.02. The van der Waals surface area contributed by atoms with Gasteiger partial charge in [-0.3, -0.25) is 38.8 Å². The second kappa shape index (κ2) is 15.5. The normalized spacial score (nSPS) is 17.0. The number of hydrogen-bond acceptors (Lipinski definition) is 11. The lowest BCUT2D eigenvalue weighted by Crippen LogP contribution is -2.54. The van der Waals surface area contributed by atoms with Gasteiger partial charge in [-0.1, -0.05) is 36.4 Å². The van der Waals surface area contributed by atoms with Crippen LogP contribution in [0.25, 0.3) is 39.5 Å². The number of imidazole rings is 1. The molecule has 60 heavy (non-hydrogen) atoms. The van der Waals surface area contributed by atoms with Gasteiger partial charge in [0.05, 0.1) is 22.4 Å². The van der Waals surface area contributed by atoms with Crippen molar-refractivity contribution in [3.63, 3.8) is 0 Å². The number of benzene rings is 3. The summed E-state index contributed by atoms with van der Waals surface area (Å²) in [6.07, 6.45) is 5.55. The maximum Gasteiger partial charge on any atom is 0.264 e. The van der Waals surface area contributed by atoms with Gasteiger partial charge in [0.25, 0.3) is 11.8 Å². The van der Waals surface area contributed by atoms with Crippen molar-refractivity contribution in [1.82, 2.24) is 35.1 Å². The largest absolute Gasteiger partial charge is 0.383 e. The number of hydrogen-bond donors (Lipinski definition) is 5. The molecule has 0 radical (unpaired) electrons. The number of amides is 5. The number of piperidine rings is 1. The predicted molar refractivity (Wildman–Crippen MR) is 225 cm³/mol. The van der Waals surface area contributed by atoms with Crippen molar-refractivity contribution in [2.75, 3.05) is 24.1 Å². The molecule has 3 aromatic heterocycles. The minimum absolute atomic E-state index is 0.0401. The summed E-state index contributed by atoms with van der Waals surface area (Å²) in [6.45, 7) is 0.553. The van der Waals surface area contributed by atoms with Crippen molar-refractivity contribution in [1.29, 1.82) is 0 Å². The molecular formula is C45H42N10O5. The number of carbonyl (C=O) groups is 5. The van der Waals surface area contributed by atoms with Crippen LogP contribution in [-0.2, 0) is 26.3 Å². The molecule has 0 bridgehead atoms. The topological polar surface area (TPSA) is 220 Å². The van der Waals surface area contributed by atoms with Crippen molar-refractivity contribution >= 4 is 52.2 Å².